The van der Waals surface area contributed by atoms with E-state index in [0.29, 0.717) is 17.7 Å². The van der Waals surface area contributed by atoms with Crippen molar-refractivity contribution < 1.29 is 12.8 Å². The highest BCUT2D eigenvalue weighted by atomic mass is 32.2. The second-order valence-corrected chi connectivity index (χ2v) is 5.12. The molecule has 0 fully saturated rings. The van der Waals surface area contributed by atoms with Gasteiger partial charge in [-0.2, -0.15) is 0 Å². The number of halogens is 1. The third kappa shape index (κ3) is 1.68. The van der Waals surface area contributed by atoms with E-state index in [1.54, 1.807) is 7.05 Å². The molecule has 1 heterocycles. The van der Waals surface area contributed by atoms with Crippen molar-refractivity contribution in [3.63, 3.8) is 0 Å². The van der Waals surface area contributed by atoms with Crippen LogP contribution in [0.25, 0.3) is 5.57 Å². The minimum atomic E-state index is -3.36. The molecule has 1 aromatic carbocycles. The van der Waals surface area contributed by atoms with Gasteiger partial charge in [-0.15, -0.1) is 0 Å². The van der Waals surface area contributed by atoms with E-state index in [4.69, 9.17) is 0 Å². The standard InChI is InChI=1S/C10H10FNO2S/c1-12-5-7-6-15(13,14)10-3-2-8(11)4-9(7)10/h2-4,6,12H,5H2,1H3. The first-order valence-corrected chi connectivity index (χ1v) is 5.99. The molecule has 0 atom stereocenters. The van der Waals surface area contributed by atoms with Crippen molar-refractivity contribution in [1.82, 2.24) is 5.32 Å². The van der Waals surface area contributed by atoms with Crippen molar-refractivity contribution in [2.45, 2.75) is 4.90 Å². The van der Waals surface area contributed by atoms with Crippen LogP contribution in [-0.4, -0.2) is 22.0 Å². The summed E-state index contributed by atoms with van der Waals surface area (Å²) < 4.78 is 36.2. The molecular formula is C10H10FNO2S. The lowest BCUT2D eigenvalue weighted by molar-refractivity contribution is 0.604. The average molecular weight is 227 g/mol. The Labute approximate surface area is 87.5 Å². The number of likely N-dealkylation sites (N-methyl/N-ethyl adjacent to an activating group) is 1. The molecule has 0 aromatic heterocycles. The van der Waals surface area contributed by atoms with Crippen LogP contribution in [-0.2, 0) is 9.84 Å². The predicted molar refractivity (Wildman–Crippen MR) is 55.5 cm³/mol. The van der Waals surface area contributed by atoms with Gasteiger partial charge in [-0.1, -0.05) is 0 Å². The highest BCUT2D eigenvalue weighted by molar-refractivity contribution is 7.95. The molecule has 1 aromatic rings. The summed E-state index contributed by atoms with van der Waals surface area (Å²) in [6, 6.07) is 3.72. The summed E-state index contributed by atoms with van der Waals surface area (Å²) in [6.07, 6.45) is 0. The van der Waals surface area contributed by atoms with E-state index in [1.165, 1.54) is 17.5 Å². The van der Waals surface area contributed by atoms with Gasteiger partial charge in [-0.05, 0) is 30.8 Å². The third-order valence-corrected chi connectivity index (χ3v) is 3.82. The van der Waals surface area contributed by atoms with Gasteiger partial charge >= 0.3 is 0 Å². The maximum atomic E-state index is 13.0. The molecule has 5 heteroatoms. The van der Waals surface area contributed by atoms with Gasteiger partial charge in [0, 0.05) is 17.5 Å². The van der Waals surface area contributed by atoms with Crippen molar-refractivity contribution in [2.24, 2.45) is 0 Å². The molecule has 0 aliphatic carbocycles. The Morgan fingerprint density at radius 2 is 2.13 bits per heavy atom. The van der Waals surface area contributed by atoms with Crippen molar-refractivity contribution >= 4 is 15.4 Å². The van der Waals surface area contributed by atoms with E-state index in [0.717, 1.165) is 6.07 Å². The fraction of sp³-hybridized carbons (Fsp3) is 0.200. The number of fused-ring (bicyclic) bond motifs is 1. The van der Waals surface area contributed by atoms with Gasteiger partial charge in [0.2, 0.25) is 9.84 Å². The summed E-state index contributed by atoms with van der Waals surface area (Å²) in [5, 5.41) is 4.04. The Balaban J connectivity index is 2.63. The van der Waals surface area contributed by atoms with Crippen molar-refractivity contribution in [3.8, 4) is 0 Å². The van der Waals surface area contributed by atoms with Crippen LogP contribution in [0.2, 0.25) is 0 Å². The minimum Gasteiger partial charge on any atom is -0.316 e. The number of benzene rings is 1. The van der Waals surface area contributed by atoms with Crippen LogP contribution in [0, 0.1) is 5.82 Å². The van der Waals surface area contributed by atoms with Crippen LogP contribution in [0.3, 0.4) is 0 Å². The summed E-state index contributed by atoms with van der Waals surface area (Å²) >= 11 is 0. The number of sulfone groups is 1. The van der Waals surface area contributed by atoms with E-state index >= 15 is 0 Å². The van der Waals surface area contributed by atoms with E-state index in [-0.39, 0.29) is 4.90 Å². The van der Waals surface area contributed by atoms with Gasteiger partial charge in [0.05, 0.1) is 4.90 Å². The van der Waals surface area contributed by atoms with Crippen molar-refractivity contribution in [3.05, 3.63) is 35.0 Å². The van der Waals surface area contributed by atoms with Gasteiger partial charge in [0.1, 0.15) is 5.82 Å². The number of hydrogen-bond donors (Lipinski definition) is 1. The monoisotopic (exact) mass is 227 g/mol. The fourth-order valence-corrected chi connectivity index (χ4v) is 3.11. The Bertz CT molecular complexity index is 534. The Morgan fingerprint density at radius 3 is 2.80 bits per heavy atom. The zero-order valence-electron chi connectivity index (χ0n) is 8.12. The first-order valence-electron chi connectivity index (χ1n) is 4.45. The summed E-state index contributed by atoms with van der Waals surface area (Å²) in [5.74, 6) is -0.423. The Morgan fingerprint density at radius 1 is 1.40 bits per heavy atom. The molecule has 0 bridgehead atoms. The third-order valence-electron chi connectivity index (χ3n) is 2.26. The molecule has 0 spiro atoms. The van der Waals surface area contributed by atoms with Gasteiger partial charge < -0.3 is 5.32 Å². The summed E-state index contributed by atoms with van der Waals surface area (Å²) in [5.41, 5.74) is 1.07. The van der Waals surface area contributed by atoms with Crippen LogP contribution < -0.4 is 5.32 Å². The molecule has 2 rings (SSSR count). The maximum Gasteiger partial charge on any atom is 0.200 e. The number of rotatable bonds is 2. The molecule has 0 saturated carbocycles. The summed E-state index contributed by atoms with van der Waals surface area (Å²) in [7, 11) is -1.65. The molecule has 1 aliphatic rings. The molecule has 0 amide bonds. The Hall–Kier alpha value is -1.20. The van der Waals surface area contributed by atoms with Crippen LogP contribution in [0.4, 0.5) is 4.39 Å². The maximum absolute atomic E-state index is 13.0. The van der Waals surface area contributed by atoms with E-state index in [1.807, 2.05) is 0 Å². The lowest BCUT2D eigenvalue weighted by Gasteiger charge is -2.03. The summed E-state index contributed by atoms with van der Waals surface area (Å²) in [6.45, 7) is 0.412. The van der Waals surface area contributed by atoms with E-state index < -0.39 is 15.7 Å². The molecular weight excluding hydrogens is 217 g/mol. The number of hydrogen-bond acceptors (Lipinski definition) is 3. The molecule has 3 nitrogen and oxygen atoms in total. The quantitative estimate of drug-likeness (QED) is 0.771. The first kappa shape index (κ1) is 10.3. The van der Waals surface area contributed by atoms with Crippen LogP contribution in [0.15, 0.2) is 28.5 Å². The smallest absolute Gasteiger partial charge is 0.200 e. The molecule has 1 N–H and O–H groups in total. The van der Waals surface area contributed by atoms with Crippen LogP contribution in [0.5, 0.6) is 0 Å². The van der Waals surface area contributed by atoms with Crippen LogP contribution >= 0.6 is 0 Å². The predicted octanol–water partition coefficient (Wildman–Crippen LogP) is 1.17. The zero-order valence-corrected chi connectivity index (χ0v) is 8.94. The topological polar surface area (TPSA) is 46.2 Å². The largest absolute Gasteiger partial charge is 0.316 e. The molecule has 0 radical (unpaired) electrons. The molecule has 1 aliphatic heterocycles. The van der Waals surface area contributed by atoms with E-state index in [9.17, 15) is 12.8 Å². The lowest BCUT2D eigenvalue weighted by atomic mass is 10.1. The van der Waals surface area contributed by atoms with E-state index in [2.05, 4.69) is 5.32 Å². The Kier molecular flexibility index (Phi) is 2.36. The highest BCUT2D eigenvalue weighted by Gasteiger charge is 2.26. The first-order chi connectivity index (χ1) is 7.04. The van der Waals surface area contributed by atoms with Gasteiger partial charge in [0.15, 0.2) is 0 Å². The van der Waals surface area contributed by atoms with Gasteiger partial charge in [0.25, 0.3) is 0 Å². The normalized spacial score (nSPS) is 17.3. The van der Waals surface area contributed by atoms with Crippen molar-refractivity contribution in [1.29, 1.82) is 0 Å². The second kappa shape index (κ2) is 3.43. The molecule has 80 valence electrons. The molecule has 0 saturated heterocycles. The minimum absolute atomic E-state index is 0.189. The fourth-order valence-electron chi connectivity index (χ4n) is 1.64. The average Bonchev–Trinajstić information content (AvgIpc) is 2.39. The van der Waals surface area contributed by atoms with Gasteiger partial charge in [-0.25, -0.2) is 12.8 Å². The molecule has 0 unspecified atom stereocenters. The SMILES string of the molecule is CNCC1=CS(=O)(=O)c2ccc(F)cc21. The zero-order chi connectivity index (χ0) is 11.1. The number of nitrogens with one attached hydrogen (secondary N) is 1. The van der Waals surface area contributed by atoms with Crippen molar-refractivity contribution in [2.75, 3.05) is 13.6 Å². The second-order valence-electron chi connectivity index (χ2n) is 3.36. The van der Waals surface area contributed by atoms with Gasteiger partial charge in [-0.3, -0.25) is 0 Å². The van der Waals surface area contributed by atoms with Crippen LogP contribution in [0.1, 0.15) is 5.56 Å². The highest BCUT2D eigenvalue weighted by Crippen LogP contribution is 2.33. The summed E-state index contributed by atoms with van der Waals surface area (Å²) in [4.78, 5) is 0.189. The molecule has 15 heavy (non-hydrogen) atoms. The lowest BCUT2D eigenvalue weighted by Crippen LogP contribution is -2.08.